The van der Waals surface area contributed by atoms with Crippen LogP contribution in [-0.4, -0.2) is 0 Å². The zero-order valence-electron chi connectivity index (χ0n) is 30.2. The van der Waals surface area contributed by atoms with Crippen LogP contribution in [-0.2, 0) is 14.1 Å². The SMILES string of the molecule is CCC(CC)c1cc(-c2ccccc2C)[n+](C)cc1C.[2H]C([2H])([2H])c1c[n+](C)c(-c2ccccc2C)cc1C([2H])(CC)CC. The molecule has 4 rings (SSSR count). The molecule has 2 nitrogen and oxygen atoms in total. The average molecular weight is 541 g/mol. The van der Waals surface area contributed by atoms with E-state index in [2.05, 4.69) is 75.8 Å². The van der Waals surface area contributed by atoms with Gasteiger partial charge in [-0.1, -0.05) is 64.1 Å². The van der Waals surface area contributed by atoms with Crippen LogP contribution in [0.3, 0.4) is 0 Å². The Labute approximate surface area is 250 Å². The minimum Gasteiger partial charge on any atom is -0.201 e. The first kappa shape index (κ1) is 25.7. The Hall–Kier alpha value is -3.26. The molecular formula is C38H52N2+2. The first-order chi connectivity index (χ1) is 20.7. The fraction of sp³-hybridized carbons (Fsp3) is 0.421. The number of aromatic nitrogens is 2. The van der Waals surface area contributed by atoms with Crippen LogP contribution in [0.5, 0.6) is 0 Å². The molecule has 2 aromatic carbocycles. The minimum absolute atomic E-state index is 0.279. The maximum absolute atomic E-state index is 8.80. The van der Waals surface area contributed by atoms with Gasteiger partial charge < -0.3 is 0 Å². The summed E-state index contributed by atoms with van der Waals surface area (Å²) >= 11 is 0. The largest absolute Gasteiger partial charge is 0.212 e. The van der Waals surface area contributed by atoms with Gasteiger partial charge in [0.15, 0.2) is 12.4 Å². The summed E-state index contributed by atoms with van der Waals surface area (Å²) < 4.78 is 36.6. The second-order valence-corrected chi connectivity index (χ2v) is 11.0. The van der Waals surface area contributed by atoms with Gasteiger partial charge in [0.05, 0.1) is 0 Å². The second-order valence-electron chi connectivity index (χ2n) is 11.0. The van der Waals surface area contributed by atoms with Crippen molar-refractivity contribution >= 4 is 0 Å². The summed E-state index contributed by atoms with van der Waals surface area (Å²) in [5.41, 5.74) is 10.9. The number of hydrogen-bond donors (Lipinski definition) is 0. The van der Waals surface area contributed by atoms with Gasteiger partial charge in [0.25, 0.3) is 0 Å². The standard InChI is InChI=1S/2C19H26N/c2*1-6-16(7-2)18-12-19(20(5)13-15(18)4)17-11-9-8-10-14(17)3/h2*8-13,16H,6-7H2,1-5H3/q2*+1/i4D3,16D;. The van der Waals surface area contributed by atoms with E-state index in [1.54, 1.807) is 6.20 Å². The molecule has 0 fully saturated rings. The highest BCUT2D eigenvalue weighted by Crippen LogP contribution is 2.30. The summed E-state index contributed by atoms with van der Waals surface area (Å²) in [6.07, 6.45) is 7.52. The molecule has 212 valence electrons. The second kappa shape index (κ2) is 14.4. The van der Waals surface area contributed by atoms with Crippen LogP contribution < -0.4 is 9.13 Å². The van der Waals surface area contributed by atoms with Crippen molar-refractivity contribution in [2.24, 2.45) is 14.1 Å². The molecule has 0 saturated heterocycles. The first-order valence-electron chi connectivity index (χ1n) is 16.9. The summed E-state index contributed by atoms with van der Waals surface area (Å²) in [6, 6.07) is 21.0. The lowest BCUT2D eigenvalue weighted by Crippen LogP contribution is -2.32. The monoisotopic (exact) mass is 540 g/mol. The highest BCUT2D eigenvalue weighted by molar-refractivity contribution is 5.62. The third kappa shape index (κ3) is 7.08. The smallest absolute Gasteiger partial charge is 0.201 e. The lowest BCUT2D eigenvalue weighted by atomic mass is 9.90. The Morgan fingerprint density at radius 3 is 1.50 bits per heavy atom. The molecule has 0 amide bonds. The predicted molar refractivity (Wildman–Crippen MR) is 172 cm³/mol. The molecule has 2 aromatic heterocycles. The van der Waals surface area contributed by atoms with Crippen LogP contribution in [0.1, 0.15) is 104 Å². The molecule has 0 aliphatic heterocycles. The Balaban J connectivity index is 0.000000244. The molecule has 0 atom stereocenters. The highest BCUT2D eigenvalue weighted by Gasteiger charge is 2.20. The summed E-state index contributed by atoms with van der Waals surface area (Å²) in [5, 5.41) is 0. The van der Waals surface area contributed by atoms with E-state index in [4.69, 9.17) is 5.48 Å². The summed E-state index contributed by atoms with van der Waals surface area (Å²) in [7, 11) is 4.01. The van der Waals surface area contributed by atoms with Gasteiger partial charge in [0.1, 0.15) is 14.1 Å². The van der Waals surface area contributed by atoms with Gasteiger partial charge in [-0.15, -0.1) is 0 Å². The predicted octanol–water partition coefficient (Wildman–Crippen LogP) is 9.40. The van der Waals surface area contributed by atoms with Crippen molar-refractivity contribution in [1.82, 2.24) is 0 Å². The molecule has 0 saturated carbocycles. The van der Waals surface area contributed by atoms with Crippen molar-refractivity contribution in [1.29, 1.82) is 0 Å². The lowest BCUT2D eigenvalue weighted by molar-refractivity contribution is -0.661. The van der Waals surface area contributed by atoms with Crippen molar-refractivity contribution in [2.45, 2.75) is 92.8 Å². The highest BCUT2D eigenvalue weighted by atomic mass is 14.9. The van der Waals surface area contributed by atoms with E-state index < -0.39 is 12.7 Å². The average Bonchev–Trinajstić information content (AvgIpc) is 2.99. The Morgan fingerprint density at radius 1 is 0.625 bits per heavy atom. The number of pyridine rings is 2. The Morgan fingerprint density at radius 2 is 1.07 bits per heavy atom. The number of benzene rings is 2. The van der Waals surface area contributed by atoms with Crippen molar-refractivity contribution < 1.29 is 14.6 Å². The number of nitrogens with zero attached hydrogens (tertiary/aromatic N) is 2. The fourth-order valence-corrected chi connectivity index (χ4v) is 5.79. The summed E-state index contributed by atoms with van der Waals surface area (Å²) in [4.78, 5) is 0. The molecule has 0 aliphatic rings. The van der Waals surface area contributed by atoms with E-state index in [0.717, 1.165) is 16.8 Å². The van der Waals surface area contributed by atoms with Gasteiger partial charge in [0, 0.05) is 39.9 Å². The van der Waals surface area contributed by atoms with Gasteiger partial charge in [-0.05, 0) is 99.5 Å². The molecule has 0 N–H and O–H groups in total. The molecule has 0 unspecified atom stereocenters. The molecule has 2 heterocycles. The van der Waals surface area contributed by atoms with E-state index >= 15 is 0 Å². The van der Waals surface area contributed by atoms with E-state index in [0.29, 0.717) is 24.3 Å². The maximum Gasteiger partial charge on any atom is 0.212 e. The summed E-state index contributed by atoms with van der Waals surface area (Å²) in [6.45, 7) is 12.7. The molecule has 0 bridgehead atoms. The van der Waals surface area contributed by atoms with Crippen LogP contribution in [0.15, 0.2) is 73.1 Å². The summed E-state index contributed by atoms with van der Waals surface area (Å²) in [5.74, 6) is -0.228. The minimum atomic E-state index is -2.23. The van der Waals surface area contributed by atoms with Crippen molar-refractivity contribution in [3.8, 4) is 22.5 Å². The van der Waals surface area contributed by atoms with E-state index in [1.165, 1.54) is 40.8 Å². The molecule has 40 heavy (non-hydrogen) atoms. The quantitative estimate of drug-likeness (QED) is 0.197. The van der Waals surface area contributed by atoms with Crippen LogP contribution in [0.25, 0.3) is 22.5 Å². The van der Waals surface area contributed by atoms with Gasteiger partial charge >= 0.3 is 0 Å². The molecule has 0 aliphatic carbocycles. The molecular weight excluding hydrogens is 484 g/mol. The Bertz CT molecular complexity index is 1560. The fourth-order valence-electron chi connectivity index (χ4n) is 5.79. The number of hydrogen-bond acceptors (Lipinski definition) is 0. The van der Waals surface area contributed by atoms with Gasteiger partial charge in [-0.3, -0.25) is 0 Å². The van der Waals surface area contributed by atoms with Crippen molar-refractivity contribution in [3.05, 3.63) is 106 Å². The zero-order chi connectivity index (χ0) is 32.8. The first-order valence-corrected chi connectivity index (χ1v) is 14.9. The van der Waals surface area contributed by atoms with Gasteiger partial charge in [0.2, 0.25) is 11.4 Å². The van der Waals surface area contributed by atoms with Gasteiger partial charge in [-0.25, -0.2) is 9.13 Å². The third-order valence-electron chi connectivity index (χ3n) is 8.29. The Kier molecular flexibility index (Phi) is 9.25. The van der Waals surface area contributed by atoms with E-state index in [-0.39, 0.29) is 5.56 Å². The van der Waals surface area contributed by atoms with Gasteiger partial charge in [-0.2, -0.15) is 0 Å². The molecule has 4 aromatic rings. The molecule has 0 radical (unpaired) electrons. The van der Waals surface area contributed by atoms with Crippen LogP contribution in [0, 0.1) is 27.6 Å². The maximum atomic E-state index is 8.80. The van der Waals surface area contributed by atoms with E-state index in [1.807, 2.05) is 62.7 Å². The third-order valence-corrected chi connectivity index (χ3v) is 8.29. The van der Waals surface area contributed by atoms with Crippen molar-refractivity contribution in [2.75, 3.05) is 0 Å². The normalized spacial score (nSPS) is 13.2. The molecule has 0 spiro atoms. The lowest BCUT2D eigenvalue weighted by Gasteiger charge is -2.16. The van der Waals surface area contributed by atoms with E-state index in [9.17, 15) is 0 Å². The zero-order valence-corrected chi connectivity index (χ0v) is 26.2. The van der Waals surface area contributed by atoms with Crippen LogP contribution >= 0.6 is 0 Å². The van der Waals surface area contributed by atoms with Crippen molar-refractivity contribution in [3.63, 3.8) is 0 Å². The molecule has 2 heteroatoms. The number of aryl methyl sites for hydroxylation is 6. The van der Waals surface area contributed by atoms with Crippen LogP contribution in [0.4, 0.5) is 0 Å². The topological polar surface area (TPSA) is 7.76 Å². The number of rotatable bonds is 8. The van der Waals surface area contributed by atoms with Crippen LogP contribution in [0.2, 0.25) is 0 Å².